The van der Waals surface area contributed by atoms with Crippen LogP contribution in [0.1, 0.15) is 20.8 Å². The van der Waals surface area contributed by atoms with Crippen molar-refractivity contribution < 1.29 is 37.3 Å². The summed E-state index contributed by atoms with van der Waals surface area (Å²) in [6.07, 6.45) is -5.34. The standard InChI is InChI=1S/C11H18F3NO5S/c1-10(2,3)20-9(18)15-7(8(16)17)4-21-6-19-5-11(12,13)14/h7H,4-6H2,1-3H3,(H,15,18)(H,16,17). The van der Waals surface area contributed by atoms with E-state index in [0.29, 0.717) is 0 Å². The van der Waals surface area contributed by atoms with Crippen LogP contribution in [0.25, 0.3) is 0 Å². The molecule has 0 aliphatic heterocycles. The molecule has 1 unspecified atom stereocenters. The van der Waals surface area contributed by atoms with Crippen LogP contribution in [-0.4, -0.2) is 53.3 Å². The predicted octanol–water partition coefficient (Wildman–Crippen LogP) is 2.23. The molecule has 0 aromatic heterocycles. The Kier molecular flexibility index (Phi) is 7.86. The number of halogens is 3. The number of amides is 1. The molecule has 1 amide bonds. The molecule has 0 aliphatic rings. The highest BCUT2D eigenvalue weighted by molar-refractivity contribution is 7.99. The molecule has 6 nitrogen and oxygen atoms in total. The Morgan fingerprint density at radius 1 is 1.29 bits per heavy atom. The van der Waals surface area contributed by atoms with Gasteiger partial charge < -0.3 is 19.9 Å². The summed E-state index contributed by atoms with van der Waals surface area (Å²) in [5.41, 5.74) is -0.782. The quantitative estimate of drug-likeness (QED) is 0.549. The summed E-state index contributed by atoms with van der Waals surface area (Å²) in [6, 6.07) is -1.28. The van der Waals surface area contributed by atoms with Gasteiger partial charge in [-0.3, -0.25) is 0 Å². The molecule has 0 radical (unpaired) electrons. The van der Waals surface area contributed by atoms with Crippen molar-refractivity contribution in [1.29, 1.82) is 0 Å². The fourth-order valence-electron chi connectivity index (χ4n) is 1.01. The molecule has 0 saturated heterocycles. The van der Waals surface area contributed by atoms with Gasteiger partial charge in [-0.2, -0.15) is 13.2 Å². The first-order valence-corrected chi connectivity index (χ1v) is 7.01. The molecule has 0 heterocycles. The summed E-state index contributed by atoms with van der Waals surface area (Å²) in [5, 5.41) is 11.0. The van der Waals surface area contributed by atoms with Crippen molar-refractivity contribution >= 4 is 23.8 Å². The molecular weight excluding hydrogens is 315 g/mol. The first-order valence-electron chi connectivity index (χ1n) is 5.85. The minimum Gasteiger partial charge on any atom is -0.480 e. The van der Waals surface area contributed by atoms with Gasteiger partial charge in [-0.15, -0.1) is 11.8 Å². The number of ether oxygens (including phenoxy) is 2. The monoisotopic (exact) mass is 333 g/mol. The first-order chi connectivity index (χ1) is 9.41. The maximum absolute atomic E-state index is 11.8. The van der Waals surface area contributed by atoms with E-state index in [9.17, 15) is 22.8 Å². The zero-order valence-electron chi connectivity index (χ0n) is 11.8. The Hall–Kier alpha value is -1.16. The van der Waals surface area contributed by atoms with Gasteiger partial charge in [0.05, 0.1) is 5.94 Å². The lowest BCUT2D eigenvalue weighted by molar-refractivity contribution is -0.168. The summed E-state index contributed by atoms with van der Waals surface area (Å²) in [4.78, 5) is 22.3. The van der Waals surface area contributed by atoms with Crippen LogP contribution >= 0.6 is 11.8 Å². The molecule has 0 aromatic carbocycles. The number of rotatable bonds is 7. The smallest absolute Gasteiger partial charge is 0.411 e. The van der Waals surface area contributed by atoms with E-state index in [1.165, 1.54) is 0 Å². The lowest BCUT2D eigenvalue weighted by Gasteiger charge is -2.21. The largest absolute Gasteiger partial charge is 0.480 e. The van der Waals surface area contributed by atoms with E-state index < -0.39 is 36.5 Å². The molecule has 21 heavy (non-hydrogen) atoms. The zero-order chi connectivity index (χ0) is 16.7. The van der Waals surface area contributed by atoms with Crippen molar-refractivity contribution in [3.8, 4) is 0 Å². The van der Waals surface area contributed by atoms with E-state index in [-0.39, 0.29) is 11.7 Å². The van der Waals surface area contributed by atoms with Gasteiger partial charge in [0.1, 0.15) is 18.2 Å². The van der Waals surface area contributed by atoms with Crippen molar-refractivity contribution in [3.05, 3.63) is 0 Å². The average Bonchev–Trinajstić information content (AvgIpc) is 2.22. The van der Waals surface area contributed by atoms with Crippen molar-refractivity contribution in [2.45, 2.75) is 38.6 Å². The third-order valence-electron chi connectivity index (χ3n) is 1.71. The maximum atomic E-state index is 11.8. The van der Waals surface area contributed by atoms with Gasteiger partial charge in [0.25, 0.3) is 0 Å². The van der Waals surface area contributed by atoms with Crippen LogP contribution in [0.4, 0.5) is 18.0 Å². The van der Waals surface area contributed by atoms with Crippen LogP contribution in [0.3, 0.4) is 0 Å². The molecule has 10 heteroatoms. The van der Waals surface area contributed by atoms with Crippen LogP contribution < -0.4 is 5.32 Å². The third-order valence-corrected chi connectivity index (χ3v) is 2.61. The fraction of sp³-hybridized carbons (Fsp3) is 0.818. The molecule has 0 bridgehead atoms. The number of hydrogen-bond acceptors (Lipinski definition) is 5. The molecule has 0 fully saturated rings. The number of carboxylic acid groups (broad SMARTS) is 1. The number of thioether (sulfide) groups is 1. The van der Waals surface area contributed by atoms with Crippen LogP contribution in [0.5, 0.6) is 0 Å². The van der Waals surface area contributed by atoms with Crippen molar-refractivity contribution in [2.75, 3.05) is 18.3 Å². The SMILES string of the molecule is CC(C)(C)OC(=O)NC(CSCOCC(F)(F)F)C(=O)O. The number of alkyl halides is 3. The molecular formula is C11H18F3NO5S. The Morgan fingerprint density at radius 3 is 2.29 bits per heavy atom. The molecule has 2 N–H and O–H groups in total. The van der Waals surface area contributed by atoms with Crippen LogP contribution in [0.2, 0.25) is 0 Å². The van der Waals surface area contributed by atoms with E-state index in [1.807, 2.05) is 0 Å². The highest BCUT2D eigenvalue weighted by Crippen LogP contribution is 2.16. The second-order valence-electron chi connectivity index (χ2n) is 4.99. The van der Waals surface area contributed by atoms with Gasteiger partial charge in [0, 0.05) is 5.75 Å². The normalized spacial score (nSPS) is 13.6. The van der Waals surface area contributed by atoms with Crippen LogP contribution in [0.15, 0.2) is 0 Å². The van der Waals surface area contributed by atoms with Crippen molar-refractivity contribution in [1.82, 2.24) is 5.32 Å². The first kappa shape index (κ1) is 19.8. The van der Waals surface area contributed by atoms with Crippen LogP contribution in [-0.2, 0) is 14.3 Å². The van der Waals surface area contributed by atoms with Crippen molar-refractivity contribution in [2.24, 2.45) is 0 Å². The number of alkyl carbamates (subject to hydrolysis) is 1. The summed E-state index contributed by atoms with van der Waals surface area (Å²) >= 11 is 0.817. The topological polar surface area (TPSA) is 84.9 Å². The van der Waals surface area contributed by atoms with E-state index >= 15 is 0 Å². The minimum absolute atomic E-state index is 0.146. The Labute approximate surface area is 124 Å². The summed E-state index contributed by atoms with van der Waals surface area (Å²) in [6.45, 7) is 3.43. The number of aliphatic carboxylic acids is 1. The van der Waals surface area contributed by atoms with Gasteiger partial charge in [-0.25, -0.2) is 9.59 Å². The fourth-order valence-corrected chi connectivity index (χ4v) is 1.77. The molecule has 0 rings (SSSR count). The van der Waals surface area contributed by atoms with Crippen molar-refractivity contribution in [3.63, 3.8) is 0 Å². The average molecular weight is 333 g/mol. The van der Waals surface area contributed by atoms with Gasteiger partial charge in [0.15, 0.2) is 0 Å². The molecule has 0 saturated carbocycles. The Balaban J connectivity index is 4.09. The van der Waals surface area contributed by atoms with E-state index in [1.54, 1.807) is 20.8 Å². The number of hydrogen-bond donors (Lipinski definition) is 2. The Bertz CT molecular complexity index is 357. The Morgan fingerprint density at radius 2 is 1.86 bits per heavy atom. The molecule has 0 aliphatic carbocycles. The summed E-state index contributed by atoms with van der Waals surface area (Å²) in [5.74, 6) is -1.80. The van der Waals surface area contributed by atoms with E-state index in [4.69, 9.17) is 9.84 Å². The maximum Gasteiger partial charge on any atom is 0.411 e. The summed E-state index contributed by atoms with van der Waals surface area (Å²) in [7, 11) is 0. The molecule has 0 spiro atoms. The lowest BCUT2D eigenvalue weighted by Crippen LogP contribution is -2.45. The highest BCUT2D eigenvalue weighted by Gasteiger charge is 2.28. The number of carbonyl (C=O) groups is 2. The zero-order valence-corrected chi connectivity index (χ0v) is 12.6. The number of carboxylic acids is 1. The number of nitrogens with one attached hydrogen (secondary N) is 1. The predicted molar refractivity (Wildman–Crippen MR) is 70.1 cm³/mol. The second kappa shape index (κ2) is 8.32. The third kappa shape index (κ3) is 12.3. The minimum atomic E-state index is -4.43. The van der Waals surface area contributed by atoms with Gasteiger partial charge in [0.2, 0.25) is 0 Å². The van der Waals surface area contributed by atoms with Gasteiger partial charge in [-0.1, -0.05) is 0 Å². The highest BCUT2D eigenvalue weighted by atomic mass is 32.2. The van der Waals surface area contributed by atoms with Gasteiger partial charge in [-0.05, 0) is 20.8 Å². The molecule has 124 valence electrons. The van der Waals surface area contributed by atoms with E-state index in [0.717, 1.165) is 11.8 Å². The van der Waals surface area contributed by atoms with E-state index in [2.05, 4.69) is 10.1 Å². The van der Waals surface area contributed by atoms with Gasteiger partial charge >= 0.3 is 18.2 Å². The van der Waals surface area contributed by atoms with Crippen LogP contribution in [0, 0.1) is 0 Å². The lowest BCUT2D eigenvalue weighted by atomic mass is 10.2. The summed E-state index contributed by atoms with van der Waals surface area (Å²) < 4.78 is 44.6. The second-order valence-corrected chi connectivity index (χ2v) is 5.97. The molecule has 0 aromatic rings. The molecule has 1 atom stereocenters. The number of carbonyl (C=O) groups excluding carboxylic acids is 1.